The van der Waals surface area contributed by atoms with E-state index in [1.807, 2.05) is 36.4 Å². The predicted molar refractivity (Wildman–Crippen MR) is 103 cm³/mol. The number of carbonyl (C=O) groups excluding carboxylic acids is 1. The fourth-order valence-corrected chi connectivity index (χ4v) is 2.49. The summed E-state index contributed by atoms with van der Waals surface area (Å²) in [5.41, 5.74) is 4.08. The maximum Gasteiger partial charge on any atom is 0.257 e. The van der Waals surface area contributed by atoms with Crippen LogP contribution in [-0.2, 0) is 6.42 Å². The van der Waals surface area contributed by atoms with Crippen LogP contribution in [0.4, 0.5) is 17.1 Å². The molecule has 0 bridgehead atoms. The highest BCUT2D eigenvalue weighted by Crippen LogP contribution is 2.19. The fraction of sp³-hybridized carbons (Fsp3) is 0.100. The van der Waals surface area contributed by atoms with Gasteiger partial charge in [0.1, 0.15) is 0 Å². The van der Waals surface area contributed by atoms with Gasteiger partial charge in [0.2, 0.25) is 0 Å². The van der Waals surface area contributed by atoms with Crippen molar-refractivity contribution in [3.63, 3.8) is 0 Å². The molecule has 0 aliphatic rings. The number of aromatic nitrogens is 1. The molecule has 2 N–H and O–H groups in total. The van der Waals surface area contributed by atoms with E-state index in [0.29, 0.717) is 10.6 Å². The molecule has 0 unspecified atom stereocenters. The Bertz CT molecular complexity index is 861. The van der Waals surface area contributed by atoms with Crippen LogP contribution in [-0.4, -0.2) is 10.9 Å². The van der Waals surface area contributed by atoms with Gasteiger partial charge in [-0.05, 0) is 54.4 Å². The lowest BCUT2D eigenvalue weighted by Crippen LogP contribution is -2.12. The summed E-state index contributed by atoms with van der Waals surface area (Å²) >= 11 is 5.88. The number of hydrogen-bond acceptors (Lipinski definition) is 3. The Hall–Kier alpha value is -2.85. The van der Waals surface area contributed by atoms with Gasteiger partial charge in [-0.25, -0.2) is 0 Å². The van der Waals surface area contributed by atoms with E-state index in [2.05, 4.69) is 22.5 Å². The molecule has 1 amide bonds. The van der Waals surface area contributed by atoms with Crippen LogP contribution in [0, 0.1) is 0 Å². The first-order valence-corrected chi connectivity index (χ1v) is 8.40. The zero-order valence-corrected chi connectivity index (χ0v) is 14.5. The fourth-order valence-electron chi connectivity index (χ4n) is 2.36. The summed E-state index contributed by atoms with van der Waals surface area (Å²) in [6, 6.07) is 16.9. The van der Waals surface area contributed by atoms with Gasteiger partial charge >= 0.3 is 0 Å². The van der Waals surface area contributed by atoms with Gasteiger partial charge in [0, 0.05) is 22.6 Å². The average molecular weight is 352 g/mol. The molecule has 126 valence electrons. The molecule has 25 heavy (non-hydrogen) atoms. The molecule has 0 radical (unpaired) electrons. The molecule has 2 aromatic carbocycles. The zero-order chi connectivity index (χ0) is 17.6. The summed E-state index contributed by atoms with van der Waals surface area (Å²) in [6.07, 6.45) is 4.18. The first kappa shape index (κ1) is 17.0. The SMILES string of the molecule is CCc1ccc(NC(=O)c2cncc(Nc3ccc(Cl)cc3)c2)cc1. The van der Waals surface area contributed by atoms with Crippen molar-refractivity contribution in [2.75, 3.05) is 10.6 Å². The van der Waals surface area contributed by atoms with Crippen molar-refractivity contribution in [2.45, 2.75) is 13.3 Å². The Morgan fingerprint density at radius 3 is 2.32 bits per heavy atom. The Balaban J connectivity index is 1.71. The van der Waals surface area contributed by atoms with Crippen LogP contribution in [0.2, 0.25) is 5.02 Å². The van der Waals surface area contributed by atoms with E-state index in [4.69, 9.17) is 11.6 Å². The van der Waals surface area contributed by atoms with Crippen molar-refractivity contribution in [2.24, 2.45) is 0 Å². The number of benzene rings is 2. The normalized spacial score (nSPS) is 10.3. The van der Waals surface area contributed by atoms with E-state index in [9.17, 15) is 4.79 Å². The number of anilines is 3. The van der Waals surface area contributed by atoms with Crippen LogP contribution in [0.25, 0.3) is 0 Å². The molecule has 0 saturated heterocycles. The van der Waals surface area contributed by atoms with E-state index < -0.39 is 0 Å². The summed E-state index contributed by atoms with van der Waals surface area (Å²) in [6.45, 7) is 2.10. The highest BCUT2D eigenvalue weighted by atomic mass is 35.5. The summed E-state index contributed by atoms with van der Waals surface area (Å²) in [4.78, 5) is 16.6. The first-order chi connectivity index (χ1) is 12.1. The molecule has 0 aliphatic carbocycles. The van der Waals surface area contributed by atoms with E-state index in [1.54, 1.807) is 30.6 Å². The maximum atomic E-state index is 12.4. The Labute approximate surface area is 151 Å². The molecule has 3 rings (SSSR count). The maximum absolute atomic E-state index is 12.4. The van der Waals surface area contributed by atoms with Gasteiger partial charge in [0.15, 0.2) is 0 Å². The lowest BCUT2D eigenvalue weighted by molar-refractivity contribution is 0.102. The van der Waals surface area contributed by atoms with Crippen molar-refractivity contribution in [3.8, 4) is 0 Å². The summed E-state index contributed by atoms with van der Waals surface area (Å²) in [5, 5.41) is 6.76. The van der Waals surface area contributed by atoms with Gasteiger partial charge in [0.05, 0.1) is 17.4 Å². The van der Waals surface area contributed by atoms with Gasteiger partial charge in [-0.3, -0.25) is 9.78 Å². The molecule has 4 nitrogen and oxygen atoms in total. The molecule has 3 aromatic rings. The molecule has 5 heteroatoms. The third-order valence-electron chi connectivity index (χ3n) is 3.75. The lowest BCUT2D eigenvalue weighted by Gasteiger charge is -2.09. The minimum atomic E-state index is -0.198. The van der Waals surface area contributed by atoms with Crippen LogP contribution in [0.1, 0.15) is 22.8 Å². The number of halogens is 1. The second-order valence-corrected chi connectivity index (χ2v) is 6.04. The van der Waals surface area contributed by atoms with Crippen LogP contribution < -0.4 is 10.6 Å². The van der Waals surface area contributed by atoms with Crippen molar-refractivity contribution >= 4 is 34.6 Å². The van der Waals surface area contributed by atoms with Crippen LogP contribution in [0.15, 0.2) is 67.0 Å². The quantitative estimate of drug-likeness (QED) is 0.656. The second kappa shape index (κ2) is 7.81. The third kappa shape index (κ3) is 4.58. The minimum Gasteiger partial charge on any atom is -0.354 e. The lowest BCUT2D eigenvalue weighted by atomic mass is 10.1. The molecule has 0 atom stereocenters. The molecule has 1 aromatic heterocycles. The summed E-state index contributed by atoms with van der Waals surface area (Å²) in [7, 11) is 0. The Morgan fingerprint density at radius 1 is 0.960 bits per heavy atom. The number of carbonyl (C=O) groups is 1. The van der Waals surface area contributed by atoms with E-state index >= 15 is 0 Å². The van der Waals surface area contributed by atoms with Crippen molar-refractivity contribution < 1.29 is 4.79 Å². The zero-order valence-electron chi connectivity index (χ0n) is 13.8. The molecule has 0 spiro atoms. The summed E-state index contributed by atoms with van der Waals surface area (Å²) in [5.74, 6) is -0.198. The Kier molecular flexibility index (Phi) is 5.31. The smallest absolute Gasteiger partial charge is 0.257 e. The predicted octanol–water partition coefficient (Wildman–Crippen LogP) is 5.29. The van der Waals surface area contributed by atoms with Crippen LogP contribution in [0.5, 0.6) is 0 Å². The molecular formula is C20H18ClN3O. The number of amides is 1. The summed E-state index contributed by atoms with van der Waals surface area (Å²) < 4.78 is 0. The number of nitrogens with one attached hydrogen (secondary N) is 2. The average Bonchev–Trinajstić information content (AvgIpc) is 2.64. The van der Waals surface area contributed by atoms with Gasteiger partial charge in [-0.2, -0.15) is 0 Å². The highest BCUT2D eigenvalue weighted by molar-refractivity contribution is 6.30. The molecule has 0 saturated carbocycles. The van der Waals surface area contributed by atoms with Gasteiger partial charge in [0.25, 0.3) is 5.91 Å². The van der Waals surface area contributed by atoms with Crippen molar-refractivity contribution in [1.82, 2.24) is 4.98 Å². The molecular weight excluding hydrogens is 334 g/mol. The van der Waals surface area contributed by atoms with Gasteiger partial charge in [-0.1, -0.05) is 30.7 Å². The largest absolute Gasteiger partial charge is 0.354 e. The van der Waals surface area contributed by atoms with E-state index in [-0.39, 0.29) is 5.91 Å². The van der Waals surface area contributed by atoms with Gasteiger partial charge in [-0.15, -0.1) is 0 Å². The topological polar surface area (TPSA) is 54.0 Å². The van der Waals surface area contributed by atoms with Gasteiger partial charge < -0.3 is 10.6 Å². The van der Waals surface area contributed by atoms with E-state index in [1.165, 1.54) is 5.56 Å². The molecule has 0 aliphatic heterocycles. The monoisotopic (exact) mass is 351 g/mol. The van der Waals surface area contributed by atoms with Crippen LogP contribution >= 0.6 is 11.6 Å². The standard InChI is InChI=1S/C20H18ClN3O/c1-2-14-3-7-18(8-4-14)24-20(25)15-11-19(13-22-12-15)23-17-9-5-16(21)6-10-17/h3-13,23H,2H2,1H3,(H,24,25). The Morgan fingerprint density at radius 2 is 1.64 bits per heavy atom. The number of hydrogen-bond donors (Lipinski definition) is 2. The van der Waals surface area contributed by atoms with Crippen LogP contribution in [0.3, 0.4) is 0 Å². The molecule has 1 heterocycles. The van der Waals surface area contributed by atoms with Crippen molar-refractivity contribution in [3.05, 3.63) is 83.1 Å². The second-order valence-electron chi connectivity index (χ2n) is 5.60. The minimum absolute atomic E-state index is 0.198. The third-order valence-corrected chi connectivity index (χ3v) is 4.01. The number of aryl methyl sites for hydroxylation is 1. The first-order valence-electron chi connectivity index (χ1n) is 8.02. The number of nitrogens with zero attached hydrogens (tertiary/aromatic N) is 1. The number of pyridine rings is 1. The molecule has 0 fully saturated rings. The van der Waals surface area contributed by atoms with Crippen molar-refractivity contribution in [1.29, 1.82) is 0 Å². The highest BCUT2D eigenvalue weighted by Gasteiger charge is 2.08. The van der Waals surface area contributed by atoms with E-state index in [0.717, 1.165) is 23.5 Å². The number of rotatable bonds is 5.